The molecule has 1 aromatic heterocycles. The Morgan fingerprint density at radius 2 is 1.88 bits per heavy atom. The highest BCUT2D eigenvalue weighted by atomic mass is 79.9. The van der Waals surface area contributed by atoms with Gasteiger partial charge in [0.1, 0.15) is 5.82 Å². The number of benzene rings is 2. The summed E-state index contributed by atoms with van der Waals surface area (Å²) >= 11 is 3.40. The molecule has 0 aliphatic rings. The maximum atomic E-state index is 13.8. The van der Waals surface area contributed by atoms with Gasteiger partial charge < -0.3 is 5.32 Å². The predicted octanol–water partition coefficient (Wildman–Crippen LogP) is 4.79. The molecule has 1 N–H and O–H groups in total. The first-order chi connectivity index (χ1) is 12.0. The van der Waals surface area contributed by atoms with Crippen molar-refractivity contribution in [3.63, 3.8) is 0 Å². The summed E-state index contributed by atoms with van der Waals surface area (Å²) in [6.45, 7) is 1.82. The van der Waals surface area contributed by atoms with Crippen LogP contribution < -0.4 is 5.32 Å². The lowest BCUT2D eigenvalue weighted by atomic mass is 10.0. The summed E-state index contributed by atoms with van der Waals surface area (Å²) in [6, 6.07) is 17.2. The van der Waals surface area contributed by atoms with Gasteiger partial charge in [-0.3, -0.25) is 4.79 Å². The third kappa shape index (κ3) is 4.09. The van der Waals surface area contributed by atoms with Crippen molar-refractivity contribution in [2.24, 2.45) is 0 Å². The van der Waals surface area contributed by atoms with E-state index in [4.69, 9.17) is 0 Å². The normalized spacial score (nSPS) is 11.8. The largest absolute Gasteiger partial charge is 0.309 e. The molecule has 0 radical (unpaired) electrons. The maximum Gasteiger partial charge on any atom is 0.232 e. The minimum Gasteiger partial charge on any atom is -0.309 e. The quantitative estimate of drug-likeness (QED) is 0.686. The minimum atomic E-state index is -0.364. The van der Waals surface area contributed by atoms with Gasteiger partial charge in [-0.2, -0.15) is 0 Å². The highest BCUT2D eigenvalue weighted by Crippen LogP contribution is 2.22. The van der Waals surface area contributed by atoms with Crippen LogP contribution in [0.2, 0.25) is 0 Å². The van der Waals surface area contributed by atoms with Gasteiger partial charge in [0.05, 0.1) is 11.6 Å². The van der Waals surface area contributed by atoms with Crippen LogP contribution in [0, 0.1) is 5.82 Å². The highest BCUT2D eigenvalue weighted by Gasteiger charge is 2.16. The number of aromatic nitrogens is 2. The number of hydrogen-bond donors (Lipinski definition) is 1. The molecular weight excluding hydrogens is 385 g/mol. The Bertz CT molecular complexity index is 899. The van der Waals surface area contributed by atoms with E-state index in [0.717, 1.165) is 10.0 Å². The molecule has 3 rings (SSSR count). The molecule has 2 aromatic carbocycles. The third-order valence-corrected chi connectivity index (χ3v) is 4.30. The molecule has 1 amide bonds. The Labute approximate surface area is 153 Å². The van der Waals surface area contributed by atoms with E-state index in [9.17, 15) is 9.18 Å². The molecule has 1 unspecified atom stereocenters. The van der Waals surface area contributed by atoms with Gasteiger partial charge in [-0.05, 0) is 48.9 Å². The van der Waals surface area contributed by atoms with E-state index in [-0.39, 0.29) is 17.6 Å². The lowest BCUT2D eigenvalue weighted by Gasteiger charge is -2.12. The Morgan fingerprint density at radius 1 is 1.08 bits per heavy atom. The zero-order valence-electron chi connectivity index (χ0n) is 13.4. The second-order valence-corrected chi connectivity index (χ2v) is 6.47. The molecule has 0 spiro atoms. The van der Waals surface area contributed by atoms with Crippen LogP contribution in [0.5, 0.6) is 0 Å². The topological polar surface area (TPSA) is 54.9 Å². The van der Waals surface area contributed by atoms with Crippen molar-refractivity contribution < 1.29 is 9.18 Å². The van der Waals surface area contributed by atoms with Crippen LogP contribution >= 0.6 is 15.9 Å². The molecule has 0 aliphatic heterocycles. The van der Waals surface area contributed by atoms with Crippen molar-refractivity contribution in [2.75, 3.05) is 5.32 Å². The number of halogens is 2. The first-order valence-electron chi connectivity index (χ1n) is 7.69. The number of rotatable bonds is 4. The van der Waals surface area contributed by atoms with Crippen LogP contribution in [-0.2, 0) is 4.79 Å². The molecule has 126 valence electrons. The molecule has 0 saturated carbocycles. The molecule has 0 bridgehead atoms. The summed E-state index contributed by atoms with van der Waals surface area (Å²) in [5.74, 6) is -0.569. The van der Waals surface area contributed by atoms with E-state index < -0.39 is 0 Å². The first-order valence-corrected chi connectivity index (χ1v) is 8.49. The smallest absolute Gasteiger partial charge is 0.232 e. The van der Waals surface area contributed by atoms with E-state index in [1.165, 1.54) is 6.07 Å². The number of amides is 1. The van der Waals surface area contributed by atoms with Crippen LogP contribution in [0.25, 0.3) is 11.3 Å². The summed E-state index contributed by atoms with van der Waals surface area (Å²) in [7, 11) is 0. The Kier molecular flexibility index (Phi) is 5.19. The molecule has 4 nitrogen and oxygen atoms in total. The second-order valence-electron chi connectivity index (χ2n) is 5.55. The van der Waals surface area contributed by atoms with Gasteiger partial charge >= 0.3 is 0 Å². The van der Waals surface area contributed by atoms with Gasteiger partial charge in [0.25, 0.3) is 0 Å². The van der Waals surface area contributed by atoms with Crippen LogP contribution in [0.3, 0.4) is 0 Å². The number of nitrogens with one attached hydrogen (secondary N) is 1. The van der Waals surface area contributed by atoms with Gasteiger partial charge in [-0.15, -0.1) is 10.2 Å². The van der Waals surface area contributed by atoms with Gasteiger partial charge in [0.15, 0.2) is 5.82 Å². The van der Waals surface area contributed by atoms with Crippen molar-refractivity contribution >= 4 is 27.7 Å². The summed E-state index contributed by atoms with van der Waals surface area (Å²) in [4.78, 5) is 12.4. The van der Waals surface area contributed by atoms with Gasteiger partial charge in [0.2, 0.25) is 5.91 Å². The third-order valence-electron chi connectivity index (χ3n) is 3.81. The van der Waals surface area contributed by atoms with Crippen molar-refractivity contribution in [2.45, 2.75) is 12.8 Å². The Hall–Kier alpha value is -2.60. The molecule has 0 saturated heterocycles. The average molecular weight is 400 g/mol. The van der Waals surface area contributed by atoms with Crippen molar-refractivity contribution in [1.82, 2.24) is 10.2 Å². The summed E-state index contributed by atoms with van der Waals surface area (Å²) < 4.78 is 14.7. The van der Waals surface area contributed by atoms with E-state index in [2.05, 4.69) is 31.4 Å². The van der Waals surface area contributed by atoms with Crippen LogP contribution in [0.1, 0.15) is 18.4 Å². The standard InChI is InChI=1S/C19H15BrFN3O/c1-12(13-5-4-6-14(20)11-13)19(25)22-18-10-9-17(23-24-18)15-7-2-3-8-16(15)21/h2-12H,1H3,(H,22,24,25). The van der Waals surface area contributed by atoms with Gasteiger partial charge in [0, 0.05) is 10.0 Å². The lowest BCUT2D eigenvalue weighted by molar-refractivity contribution is -0.117. The van der Waals surface area contributed by atoms with E-state index >= 15 is 0 Å². The van der Waals surface area contributed by atoms with Crippen molar-refractivity contribution in [1.29, 1.82) is 0 Å². The lowest BCUT2D eigenvalue weighted by Crippen LogP contribution is -2.19. The first kappa shape index (κ1) is 17.2. The molecule has 0 fully saturated rings. The average Bonchev–Trinajstić information content (AvgIpc) is 2.62. The minimum absolute atomic E-state index is 0.189. The van der Waals surface area contributed by atoms with E-state index in [1.807, 2.05) is 31.2 Å². The monoisotopic (exact) mass is 399 g/mol. The molecule has 0 aliphatic carbocycles. The van der Waals surface area contributed by atoms with Crippen molar-refractivity contribution in [3.8, 4) is 11.3 Å². The fourth-order valence-corrected chi connectivity index (χ4v) is 2.79. The number of carbonyl (C=O) groups is 1. The molecule has 1 atom stereocenters. The van der Waals surface area contributed by atoms with Gasteiger partial charge in [-0.1, -0.05) is 40.2 Å². The zero-order chi connectivity index (χ0) is 17.8. The Morgan fingerprint density at radius 3 is 2.56 bits per heavy atom. The van der Waals surface area contributed by atoms with E-state index in [0.29, 0.717) is 17.1 Å². The number of hydrogen-bond acceptors (Lipinski definition) is 3. The molecular formula is C19H15BrFN3O. The second kappa shape index (κ2) is 7.53. The zero-order valence-corrected chi connectivity index (χ0v) is 15.0. The summed E-state index contributed by atoms with van der Waals surface area (Å²) in [5.41, 5.74) is 1.68. The summed E-state index contributed by atoms with van der Waals surface area (Å²) in [6.07, 6.45) is 0. The summed E-state index contributed by atoms with van der Waals surface area (Å²) in [5, 5.41) is 10.7. The van der Waals surface area contributed by atoms with E-state index in [1.54, 1.807) is 30.3 Å². The number of anilines is 1. The van der Waals surface area contributed by atoms with Crippen LogP contribution in [0.15, 0.2) is 65.1 Å². The molecule has 25 heavy (non-hydrogen) atoms. The highest BCUT2D eigenvalue weighted by molar-refractivity contribution is 9.10. The molecule has 6 heteroatoms. The van der Waals surface area contributed by atoms with Crippen LogP contribution in [-0.4, -0.2) is 16.1 Å². The predicted molar refractivity (Wildman–Crippen MR) is 98.6 cm³/mol. The fraction of sp³-hybridized carbons (Fsp3) is 0.105. The van der Waals surface area contributed by atoms with Gasteiger partial charge in [-0.25, -0.2) is 4.39 Å². The maximum absolute atomic E-state index is 13.8. The number of nitrogens with zero attached hydrogens (tertiary/aromatic N) is 2. The molecule has 3 aromatic rings. The number of carbonyl (C=O) groups excluding carboxylic acids is 1. The molecule has 1 heterocycles. The Balaban J connectivity index is 1.73. The van der Waals surface area contributed by atoms with Crippen molar-refractivity contribution in [3.05, 3.63) is 76.5 Å². The van der Waals surface area contributed by atoms with Crippen LogP contribution in [0.4, 0.5) is 10.2 Å². The SMILES string of the molecule is CC(C(=O)Nc1ccc(-c2ccccc2F)nn1)c1cccc(Br)c1. The fourth-order valence-electron chi connectivity index (χ4n) is 2.37.